The van der Waals surface area contributed by atoms with Crippen LogP contribution in [0, 0.1) is 11.8 Å². The van der Waals surface area contributed by atoms with Crippen LogP contribution in [0.2, 0.25) is 0 Å². The molecule has 0 aromatic rings. The normalized spacial score (nSPS) is 32.8. The first kappa shape index (κ1) is 7.37. The number of rotatable bonds is 0. The van der Waals surface area contributed by atoms with Gasteiger partial charge in [0, 0.05) is 0 Å². The minimum atomic E-state index is 0.991. The van der Waals surface area contributed by atoms with Gasteiger partial charge >= 0.3 is 0 Å². The highest BCUT2D eigenvalue weighted by atomic mass is 14.3. The van der Waals surface area contributed by atoms with Crippen molar-refractivity contribution in [3.63, 3.8) is 0 Å². The van der Waals surface area contributed by atoms with Crippen molar-refractivity contribution in [2.24, 2.45) is 11.8 Å². The Morgan fingerprint density at radius 2 is 1.50 bits per heavy atom. The maximum absolute atomic E-state index is 3.12. The number of hydrogen-bond acceptors (Lipinski definition) is 0. The molecule has 2 aliphatic rings. The molecule has 10 heavy (non-hydrogen) atoms. The van der Waals surface area contributed by atoms with Crippen LogP contribution in [0.15, 0.2) is 31.0 Å². The van der Waals surface area contributed by atoms with E-state index in [4.69, 9.17) is 0 Å². The van der Waals surface area contributed by atoms with E-state index >= 15 is 0 Å². The zero-order chi connectivity index (χ0) is 7.40. The number of hydrogen-bond donors (Lipinski definition) is 0. The molecule has 0 aromatic carbocycles. The Hall–Kier alpha value is -0.740. The van der Waals surface area contributed by atoms with Gasteiger partial charge in [0.1, 0.15) is 0 Å². The van der Waals surface area contributed by atoms with Crippen LogP contribution in [0.1, 0.15) is 19.3 Å². The summed E-state index contributed by atoms with van der Waals surface area (Å²) in [7, 11) is 0. The van der Waals surface area contributed by atoms with Crippen molar-refractivity contribution in [2.75, 3.05) is 0 Å². The van der Waals surface area contributed by atoms with Crippen molar-refractivity contribution in [3.05, 3.63) is 31.0 Å². The first-order chi connectivity index (χ1) is 4.86. The van der Waals surface area contributed by atoms with E-state index in [9.17, 15) is 0 Å². The fourth-order valence-electron chi connectivity index (χ4n) is 1.72. The molecule has 0 saturated heterocycles. The van der Waals surface area contributed by atoms with Crippen LogP contribution in [0.25, 0.3) is 0 Å². The molecular formula is C10H14. The monoisotopic (exact) mass is 134 g/mol. The fraction of sp³-hybridized carbons (Fsp3) is 0.500. The SMILES string of the molecule is C1=CC2CCC1C2.C=C=C. The van der Waals surface area contributed by atoms with E-state index in [1.54, 1.807) is 0 Å². The summed E-state index contributed by atoms with van der Waals surface area (Å²) in [6, 6.07) is 0. The number of allylic oxidation sites excluding steroid dienone is 2. The molecular weight excluding hydrogens is 120 g/mol. The molecule has 0 nitrogen and oxygen atoms in total. The highest BCUT2D eigenvalue weighted by Crippen LogP contribution is 2.38. The molecule has 1 fully saturated rings. The van der Waals surface area contributed by atoms with Gasteiger partial charge in [0.15, 0.2) is 0 Å². The van der Waals surface area contributed by atoms with Crippen LogP contribution in [-0.4, -0.2) is 0 Å². The van der Waals surface area contributed by atoms with Crippen molar-refractivity contribution in [1.82, 2.24) is 0 Å². The predicted octanol–water partition coefficient (Wildman–Crippen LogP) is 2.93. The van der Waals surface area contributed by atoms with Crippen molar-refractivity contribution < 1.29 is 0 Å². The summed E-state index contributed by atoms with van der Waals surface area (Å²) in [5.41, 5.74) is 2.25. The second-order valence-corrected chi connectivity index (χ2v) is 2.97. The summed E-state index contributed by atoms with van der Waals surface area (Å²) in [6.07, 6.45) is 9.19. The molecule has 2 rings (SSSR count). The maximum atomic E-state index is 3.12. The molecule has 0 aromatic heterocycles. The average Bonchev–Trinajstić information content (AvgIpc) is 2.49. The lowest BCUT2D eigenvalue weighted by Gasteiger charge is -1.96. The Morgan fingerprint density at radius 1 is 1.10 bits per heavy atom. The van der Waals surface area contributed by atoms with Crippen LogP contribution in [0.3, 0.4) is 0 Å². The third-order valence-electron chi connectivity index (χ3n) is 2.17. The van der Waals surface area contributed by atoms with Crippen LogP contribution in [0.5, 0.6) is 0 Å². The molecule has 2 aliphatic carbocycles. The van der Waals surface area contributed by atoms with Gasteiger partial charge in [-0.05, 0) is 31.1 Å². The van der Waals surface area contributed by atoms with Crippen molar-refractivity contribution in [3.8, 4) is 0 Å². The zero-order valence-electron chi connectivity index (χ0n) is 6.34. The zero-order valence-corrected chi connectivity index (χ0v) is 6.34. The topological polar surface area (TPSA) is 0 Å². The molecule has 0 N–H and O–H groups in total. The standard InChI is InChI=1S/C7H10.C3H4/c1-2-7-4-3-6(1)5-7;1-3-2/h1-2,6-7H,3-5H2;1-2H2. The van der Waals surface area contributed by atoms with E-state index in [1.807, 2.05) is 0 Å². The van der Waals surface area contributed by atoms with Crippen molar-refractivity contribution in [2.45, 2.75) is 19.3 Å². The van der Waals surface area contributed by atoms with Gasteiger partial charge in [-0.2, -0.15) is 0 Å². The van der Waals surface area contributed by atoms with Crippen LogP contribution in [-0.2, 0) is 0 Å². The van der Waals surface area contributed by atoms with Gasteiger partial charge in [-0.3, -0.25) is 0 Å². The molecule has 0 spiro atoms. The van der Waals surface area contributed by atoms with E-state index in [-0.39, 0.29) is 0 Å². The molecule has 2 atom stereocenters. The lowest BCUT2D eigenvalue weighted by molar-refractivity contribution is 0.691. The van der Waals surface area contributed by atoms with E-state index < -0.39 is 0 Å². The highest BCUT2D eigenvalue weighted by molar-refractivity contribution is 5.06. The van der Waals surface area contributed by atoms with Crippen LogP contribution in [0.4, 0.5) is 0 Å². The van der Waals surface area contributed by atoms with E-state index in [0.29, 0.717) is 0 Å². The largest absolute Gasteiger partial charge is 0.137 e. The predicted molar refractivity (Wildman–Crippen MR) is 44.7 cm³/mol. The summed E-state index contributed by atoms with van der Waals surface area (Å²) in [5, 5.41) is 0. The Morgan fingerprint density at radius 3 is 1.60 bits per heavy atom. The maximum Gasteiger partial charge on any atom is -0.0228 e. The smallest absolute Gasteiger partial charge is 0.0228 e. The van der Waals surface area contributed by atoms with Gasteiger partial charge in [-0.15, -0.1) is 5.73 Å². The second-order valence-electron chi connectivity index (χ2n) is 2.97. The summed E-state index contributed by atoms with van der Waals surface area (Å²) in [4.78, 5) is 0. The van der Waals surface area contributed by atoms with Crippen molar-refractivity contribution >= 4 is 0 Å². The molecule has 0 radical (unpaired) electrons. The van der Waals surface area contributed by atoms with E-state index in [0.717, 1.165) is 11.8 Å². The first-order valence-corrected chi connectivity index (χ1v) is 3.84. The third-order valence-corrected chi connectivity index (χ3v) is 2.17. The minimum absolute atomic E-state index is 0.991. The Kier molecular flexibility index (Phi) is 2.53. The van der Waals surface area contributed by atoms with Gasteiger partial charge in [0.25, 0.3) is 0 Å². The number of fused-ring (bicyclic) bond motifs is 2. The highest BCUT2D eigenvalue weighted by Gasteiger charge is 2.25. The summed E-state index contributed by atoms with van der Waals surface area (Å²) < 4.78 is 0. The third kappa shape index (κ3) is 1.62. The Labute approximate surface area is 62.9 Å². The molecule has 0 heteroatoms. The molecule has 2 bridgehead atoms. The van der Waals surface area contributed by atoms with E-state index in [2.05, 4.69) is 31.0 Å². The molecule has 0 aliphatic heterocycles. The molecule has 2 unspecified atom stereocenters. The molecule has 0 heterocycles. The summed E-state index contributed by atoms with van der Waals surface area (Å²) in [5.74, 6) is 1.98. The first-order valence-electron chi connectivity index (χ1n) is 3.84. The van der Waals surface area contributed by atoms with Gasteiger partial charge in [-0.25, -0.2) is 0 Å². The minimum Gasteiger partial charge on any atom is -0.137 e. The van der Waals surface area contributed by atoms with Gasteiger partial charge < -0.3 is 0 Å². The molecule has 1 saturated carbocycles. The summed E-state index contributed by atoms with van der Waals surface area (Å²) in [6.45, 7) is 6.25. The fourth-order valence-corrected chi connectivity index (χ4v) is 1.72. The molecule has 54 valence electrons. The van der Waals surface area contributed by atoms with Crippen LogP contribution < -0.4 is 0 Å². The average molecular weight is 134 g/mol. The molecule has 0 amide bonds. The van der Waals surface area contributed by atoms with E-state index in [1.165, 1.54) is 19.3 Å². The lowest BCUT2D eigenvalue weighted by Crippen LogP contribution is -1.82. The Bertz CT molecular complexity index is 147. The Balaban J connectivity index is 0.000000148. The van der Waals surface area contributed by atoms with Crippen LogP contribution >= 0.6 is 0 Å². The lowest BCUT2D eigenvalue weighted by atomic mass is 10.1. The summed E-state index contributed by atoms with van der Waals surface area (Å²) >= 11 is 0. The van der Waals surface area contributed by atoms with Gasteiger partial charge in [-0.1, -0.05) is 25.3 Å². The second kappa shape index (κ2) is 3.43. The van der Waals surface area contributed by atoms with Gasteiger partial charge in [0.2, 0.25) is 0 Å². The van der Waals surface area contributed by atoms with Gasteiger partial charge in [0.05, 0.1) is 0 Å². The quantitative estimate of drug-likeness (QED) is 0.353. The van der Waals surface area contributed by atoms with Crippen molar-refractivity contribution in [1.29, 1.82) is 0 Å².